The van der Waals surface area contributed by atoms with Crippen LogP contribution in [-0.4, -0.2) is 41.5 Å². The first-order valence-corrected chi connectivity index (χ1v) is 8.09. The average Bonchev–Trinajstić information content (AvgIpc) is 2.88. The second-order valence-corrected chi connectivity index (χ2v) is 6.15. The van der Waals surface area contributed by atoms with Gasteiger partial charge in [-0.2, -0.15) is 0 Å². The summed E-state index contributed by atoms with van der Waals surface area (Å²) in [6.45, 7) is 7.27. The van der Waals surface area contributed by atoms with Crippen LogP contribution in [0.5, 0.6) is 0 Å². The van der Waals surface area contributed by atoms with Crippen LogP contribution in [-0.2, 0) is 4.74 Å². The van der Waals surface area contributed by atoms with Gasteiger partial charge in [-0.1, -0.05) is 24.9 Å². The van der Waals surface area contributed by atoms with Crippen molar-refractivity contribution in [3.63, 3.8) is 0 Å². The normalized spacial score (nSPS) is 21.2. The van der Waals surface area contributed by atoms with E-state index >= 15 is 0 Å². The highest BCUT2D eigenvalue weighted by Gasteiger charge is 2.34. The molecule has 2 atom stereocenters. The minimum absolute atomic E-state index is 0.121. The molecule has 0 unspecified atom stereocenters. The first-order chi connectivity index (χ1) is 10.5. The molecule has 0 spiro atoms. The molecular weight excluding hydrogens is 304 g/mol. The lowest BCUT2D eigenvalue weighted by Gasteiger charge is -2.28. The maximum Gasteiger partial charge on any atom is 0.407 e. The maximum atomic E-state index is 11.7. The Hall–Kier alpha value is -1.56. The topological polar surface area (TPSA) is 67.4 Å². The van der Waals surface area contributed by atoms with Crippen LogP contribution in [0.25, 0.3) is 0 Å². The summed E-state index contributed by atoms with van der Waals surface area (Å²) in [7, 11) is 0. The van der Waals surface area contributed by atoms with Crippen LogP contribution < -0.4 is 10.2 Å². The molecule has 1 N–H and O–H groups in total. The van der Waals surface area contributed by atoms with Crippen molar-refractivity contribution in [2.24, 2.45) is 5.92 Å². The van der Waals surface area contributed by atoms with Gasteiger partial charge in [-0.3, -0.25) is 0 Å². The second kappa shape index (κ2) is 7.63. The van der Waals surface area contributed by atoms with E-state index in [9.17, 15) is 4.79 Å². The van der Waals surface area contributed by atoms with E-state index in [1.54, 1.807) is 6.07 Å². The van der Waals surface area contributed by atoms with Gasteiger partial charge >= 0.3 is 6.09 Å². The van der Waals surface area contributed by atoms with E-state index in [0.29, 0.717) is 17.6 Å². The summed E-state index contributed by atoms with van der Waals surface area (Å²) < 4.78 is 5.12. The number of rotatable bonds is 5. The molecule has 6 nitrogen and oxygen atoms in total. The predicted molar refractivity (Wildman–Crippen MR) is 86.2 cm³/mol. The van der Waals surface area contributed by atoms with Crippen LogP contribution in [0.3, 0.4) is 0 Å². The molecule has 1 fully saturated rings. The fourth-order valence-electron chi connectivity index (χ4n) is 2.86. The number of amides is 1. The van der Waals surface area contributed by atoms with Crippen LogP contribution >= 0.6 is 11.6 Å². The summed E-state index contributed by atoms with van der Waals surface area (Å²) in [6, 6.07) is 3.80. The van der Waals surface area contributed by atoms with E-state index in [1.807, 2.05) is 19.9 Å². The molecule has 122 valence electrons. The van der Waals surface area contributed by atoms with Gasteiger partial charge in [0.2, 0.25) is 0 Å². The van der Waals surface area contributed by atoms with Crippen molar-refractivity contribution in [2.75, 3.05) is 18.0 Å². The Morgan fingerprint density at radius 1 is 1.50 bits per heavy atom. The van der Waals surface area contributed by atoms with Crippen molar-refractivity contribution in [1.29, 1.82) is 0 Å². The van der Waals surface area contributed by atoms with E-state index < -0.39 is 0 Å². The summed E-state index contributed by atoms with van der Waals surface area (Å²) in [4.78, 5) is 13.9. The van der Waals surface area contributed by atoms with Crippen molar-refractivity contribution >= 4 is 23.5 Å². The van der Waals surface area contributed by atoms with Gasteiger partial charge in [-0.05, 0) is 38.3 Å². The number of alkyl carbamates (subject to hydrolysis) is 1. The average molecular weight is 327 g/mol. The predicted octanol–water partition coefficient (Wildman–Crippen LogP) is 2.87. The smallest absolute Gasteiger partial charge is 0.407 e. The van der Waals surface area contributed by atoms with Gasteiger partial charge in [0.05, 0.1) is 12.1 Å². The monoisotopic (exact) mass is 326 g/mol. The largest absolute Gasteiger partial charge is 0.447 e. The van der Waals surface area contributed by atoms with Crippen molar-refractivity contribution < 1.29 is 9.53 Å². The molecule has 1 aromatic heterocycles. The Balaban J connectivity index is 2.03. The molecule has 2 rings (SSSR count). The van der Waals surface area contributed by atoms with E-state index in [2.05, 4.69) is 27.3 Å². The second-order valence-electron chi connectivity index (χ2n) is 5.77. The van der Waals surface area contributed by atoms with Gasteiger partial charge in [-0.15, -0.1) is 10.2 Å². The van der Waals surface area contributed by atoms with Gasteiger partial charge < -0.3 is 15.0 Å². The van der Waals surface area contributed by atoms with Gasteiger partial charge in [0.1, 0.15) is 0 Å². The van der Waals surface area contributed by atoms with Gasteiger partial charge in [0.15, 0.2) is 11.0 Å². The van der Waals surface area contributed by atoms with Crippen molar-refractivity contribution in [3.8, 4) is 0 Å². The van der Waals surface area contributed by atoms with Crippen molar-refractivity contribution in [1.82, 2.24) is 15.5 Å². The minimum atomic E-state index is -0.376. The lowest BCUT2D eigenvalue weighted by Crippen LogP contribution is -2.44. The van der Waals surface area contributed by atoms with E-state index in [0.717, 1.165) is 25.2 Å². The number of halogens is 1. The third kappa shape index (κ3) is 4.22. The summed E-state index contributed by atoms with van der Waals surface area (Å²) in [6.07, 6.45) is 1.64. The van der Waals surface area contributed by atoms with Crippen molar-refractivity contribution in [3.05, 3.63) is 17.3 Å². The quantitative estimate of drug-likeness (QED) is 0.901. The number of nitrogens with zero attached hydrogens (tertiary/aromatic N) is 3. The summed E-state index contributed by atoms with van der Waals surface area (Å²) >= 11 is 5.80. The number of carbonyl (C=O) groups is 1. The molecule has 1 saturated heterocycles. The molecule has 2 heterocycles. The number of hydrogen-bond donors (Lipinski definition) is 1. The highest BCUT2D eigenvalue weighted by atomic mass is 35.5. The van der Waals surface area contributed by atoms with E-state index in [4.69, 9.17) is 16.3 Å². The summed E-state index contributed by atoms with van der Waals surface area (Å²) in [5.41, 5.74) is 0. The number of aromatic nitrogens is 2. The number of carbonyl (C=O) groups excluding carboxylic acids is 1. The molecule has 1 aliphatic rings. The number of anilines is 1. The highest BCUT2D eigenvalue weighted by Crippen LogP contribution is 2.30. The standard InChI is InChI=1S/C15H23ClN4O2/c1-4-11-7-8-20(14-6-5-13(16)18-19-14)12(11)9-17-15(21)22-10(2)3/h5-6,10-12H,4,7-9H2,1-3H3,(H,17,21)/t11-,12-/m0/s1. The van der Waals surface area contributed by atoms with Gasteiger partial charge in [0.25, 0.3) is 0 Å². The molecule has 7 heteroatoms. The zero-order chi connectivity index (χ0) is 16.1. The fourth-order valence-corrected chi connectivity index (χ4v) is 2.96. The molecule has 1 aliphatic heterocycles. The SMILES string of the molecule is CC[C@H]1CCN(c2ccc(Cl)nn2)[C@H]1CNC(=O)OC(C)C. The zero-order valence-electron chi connectivity index (χ0n) is 13.3. The van der Waals surface area contributed by atoms with Crippen LogP contribution in [0.2, 0.25) is 5.15 Å². The Kier molecular flexibility index (Phi) is 5.83. The number of hydrogen-bond acceptors (Lipinski definition) is 5. The molecular formula is C15H23ClN4O2. The third-order valence-electron chi connectivity index (χ3n) is 3.92. The molecule has 0 aromatic carbocycles. The summed E-state index contributed by atoms with van der Waals surface area (Å²) in [5.74, 6) is 1.31. The molecule has 0 radical (unpaired) electrons. The van der Waals surface area contributed by atoms with Crippen LogP contribution in [0.4, 0.5) is 10.6 Å². The lowest BCUT2D eigenvalue weighted by molar-refractivity contribution is 0.114. The van der Waals surface area contributed by atoms with Gasteiger partial charge in [-0.25, -0.2) is 4.79 Å². The number of nitrogens with one attached hydrogen (secondary N) is 1. The van der Waals surface area contributed by atoms with Crippen LogP contribution in [0.15, 0.2) is 12.1 Å². The Morgan fingerprint density at radius 2 is 2.27 bits per heavy atom. The fraction of sp³-hybridized carbons (Fsp3) is 0.667. The molecule has 0 saturated carbocycles. The summed E-state index contributed by atoms with van der Waals surface area (Å²) in [5, 5.41) is 11.3. The highest BCUT2D eigenvalue weighted by molar-refractivity contribution is 6.29. The van der Waals surface area contributed by atoms with E-state index in [1.165, 1.54) is 0 Å². The zero-order valence-corrected chi connectivity index (χ0v) is 14.0. The van der Waals surface area contributed by atoms with Crippen LogP contribution in [0.1, 0.15) is 33.6 Å². The maximum absolute atomic E-state index is 11.7. The Labute approximate surface area is 136 Å². The first-order valence-electron chi connectivity index (χ1n) is 7.71. The minimum Gasteiger partial charge on any atom is -0.447 e. The molecule has 0 bridgehead atoms. The van der Waals surface area contributed by atoms with E-state index in [-0.39, 0.29) is 18.2 Å². The third-order valence-corrected chi connectivity index (χ3v) is 4.12. The van der Waals surface area contributed by atoms with Crippen molar-refractivity contribution in [2.45, 2.75) is 45.8 Å². The first kappa shape index (κ1) is 16.8. The number of ether oxygens (including phenoxy) is 1. The lowest BCUT2D eigenvalue weighted by atomic mass is 9.97. The molecule has 0 aliphatic carbocycles. The molecule has 1 aromatic rings. The molecule has 22 heavy (non-hydrogen) atoms. The Bertz CT molecular complexity index is 495. The Morgan fingerprint density at radius 3 is 2.86 bits per heavy atom. The van der Waals surface area contributed by atoms with Crippen LogP contribution in [0, 0.1) is 5.92 Å². The van der Waals surface area contributed by atoms with Gasteiger partial charge in [0, 0.05) is 13.1 Å². The molecule has 1 amide bonds.